The zero-order valence-electron chi connectivity index (χ0n) is 64.5. The summed E-state index contributed by atoms with van der Waals surface area (Å²) >= 11 is 0. The van der Waals surface area contributed by atoms with Crippen molar-refractivity contribution in [2.75, 3.05) is 0 Å². The highest BCUT2D eigenvalue weighted by Gasteiger charge is 2.22. The van der Waals surface area contributed by atoms with E-state index < -0.39 is 0 Å². The minimum Gasteiger partial charge on any atom is -0.412 e. The van der Waals surface area contributed by atoms with Crippen molar-refractivity contribution >= 4 is 202 Å². The van der Waals surface area contributed by atoms with Gasteiger partial charge in [0.15, 0.2) is 0 Å². The van der Waals surface area contributed by atoms with Gasteiger partial charge in [0.05, 0.1) is 49.7 Å². The normalized spacial score (nSPS) is 11.2. The molecule has 6 aromatic heterocycles. The van der Waals surface area contributed by atoms with E-state index >= 15 is 0 Å². The van der Waals surface area contributed by atoms with Crippen LogP contribution in [0, 0.1) is 0 Å². The number of hydrogen-bond acceptors (Lipinski definition) is 0. The lowest BCUT2D eigenvalue weighted by Gasteiger charge is -2.03. The van der Waals surface area contributed by atoms with E-state index in [-0.39, 0.29) is 87.6 Å². The molecule has 19 nitrogen and oxygen atoms in total. The molecule has 19 heteroatoms. The molecule has 0 amide bonds. The Kier molecular flexibility index (Phi) is 31.0. The van der Waals surface area contributed by atoms with Crippen molar-refractivity contribution in [3.05, 3.63) is 369 Å². The Labute approximate surface area is 680 Å². The van der Waals surface area contributed by atoms with E-state index in [0.717, 1.165) is 12.8 Å². The lowest BCUT2D eigenvalue weighted by atomic mass is 10.0. The van der Waals surface area contributed by atoms with E-state index in [1.165, 1.54) is 201 Å². The molecule has 0 spiro atoms. The van der Waals surface area contributed by atoms with Crippen molar-refractivity contribution in [2.45, 2.75) is 12.8 Å². The number of nitrogens with zero attached hydrogens (tertiary/aromatic N) is 3. The van der Waals surface area contributed by atoms with Crippen LogP contribution in [0.4, 0.5) is 0 Å². The van der Waals surface area contributed by atoms with Gasteiger partial charge in [-0.25, -0.2) is 0 Å². The third-order valence-electron chi connectivity index (χ3n) is 21.9. The Hall–Kier alpha value is -14.0. The Morgan fingerprint density at radius 2 is 0.328 bits per heavy atom. The molecule has 0 bridgehead atoms. The van der Waals surface area contributed by atoms with Crippen molar-refractivity contribution in [1.82, 2.24) is 13.2 Å². The highest BCUT2D eigenvalue weighted by Crippen LogP contribution is 2.46. The highest BCUT2D eigenvalue weighted by atomic mass is 16.0. The molecule has 3 aliphatic carbocycles. The molecule has 17 aromatic carbocycles. The molecule has 0 saturated carbocycles. The maximum Gasteiger partial charge on any atom is 0.0620 e. The predicted molar refractivity (Wildman–Crippen MR) is 505 cm³/mol. The van der Waals surface area contributed by atoms with Gasteiger partial charge in [-0.1, -0.05) is 297 Å². The van der Waals surface area contributed by atoms with Gasteiger partial charge in [-0.2, -0.15) is 0 Å². The van der Waals surface area contributed by atoms with Crippen LogP contribution in [-0.4, -0.2) is 101 Å². The van der Waals surface area contributed by atoms with Crippen molar-refractivity contribution in [1.29, 1.82) is 0 Å². The summed E-state index contributed by atoms with van der Waals surface area (Å²) in [6.45, 7) is 0. The largest absolute Gasteiger partial charge is 0.412 e. The summed E-state index contributed by atoms with van der Waals surface area (Å²) in [6.07, 6.45) is 23.4. The molecule has 6 heterocycles. The minimum atomic E-state index is 0. The van der Waals surface area contributed by atoms with Crippen molar-refractivity contribution < 1.29 is 87.6 Å². The van der Waals surface area contributed by atoms with Crippen LogP contribution in [0.2, 0.25) is 0 Å². The minimum absolute atomic E-state index is 0. The monoisotopic (exact) mass is 1600 g/mol. The maximum atomic E-state index is 2.47. The van der Waals surface area contributed by atoms with Gasteiger partial charge in [0, 0.05) is 64.6 Å². The Morgan fingerprint density at radius 1 is 0.160 bits per heavy atom. The van der Waals surface area contributed by atoms with E-state index in [1.807, 2.05) is 0 Å². The third-order valence-corrected chi connectivity index (χ3v) is 21.9. The van der Waals surface area contributed by atoms with Gasteiger partial charge in [-0.15, -0.1) is 0 Å². The van der Waals surface area contributed by atoms with E-state index in [4.69, 9.17) is 0 Å². The number of allylic oxidation sites excluding steroid dienone is 8. The lowest BCUT2D eigenvalue weighted by molar-refractivity contribution is 0.823. The van der Waals surface area contributed by atoms with E-state index in [9.17, 15) is 0 Å². The second-order valence-electron chi connectivity index (χ2n) is 27.7. The molecule has 23 aromatic rings. The fraction of sp³-hybridized carbons (Fsp3) is 0.0200. The Balaban J connectivity index is 0.000000265. The zero-order chi connectivity index (χ0) is 67.6. The first kappa shape index (κ1) is 95.6. The van der Waals surface area contributed by atoms with E-state index in [2.05, 4.69) is 383 Å². The van der Waals surface area contributed by atoms with Crippen LogP contribution in [0.5, 0.6) is 0 Å². The summed E-state index contributed by atoms with van der Waals surface area (Å²) in [5.74, 6) is 0. The molecule has 32 N–H and O–H groups in total. The van der Waals surface area contributed by atoms with Crippen LogP contribution in [0.3, 0.4) is 0 Å². The number of aromatic nitrogens is 3. The number of fused-ring (bicyclic) bond motifs is 24. The van der Waals surface area contributed by atoms with Crippen LogP contribution < -0.4 is 0 Å². The molecule has 0 atom stereocenters. The number of benzene rings is 17. The molecule has 0 unspecified atom stereocenters. The molecule has 0 aliphatic heterocycles. The standard InChI is InChI=1S/3C26H15N.C12H8.2C5H6.16H2O/c3*1-3-8-18-14-24-22(12-16(18)6-1)20-10-5-11-21-23-13-17-7-2-4-9-19(17)15-25(23)27(24)26(20)21;1-3-9-4-2-6-11-8-7-10(5-1)12(9)11;2*1-2-4-5-3-1;;;;;;;;;;;;;;;;/h3*1-15H;1-8H;2*1-4H,5H2;16*1H2. The van der Waals surface area contributed by atoms with Gasteiger partial charge < -0.3 is 101 Å². The number of hydrogen-bond donors (Lipinski definition) is 0. The number of rotatable bonds is 0. The highest BCUT2D eigenvalue weighted by molar-refractivity contribution is 6.29. The van der Waals surface area contributed by atoms with Crippen molar-refractivity contribution in [3.63, 3.8) is 0 Å². The average Bonchev–Trinajstić information content (AvgIpc) is 1.55. The second-order valence-corrected chi connectivity index (χ2v) is 27.7. The molecule has 0 radical (unpaired) electrons. The smallest absolute Gasteiger partial charge is 0.0620 e. The topological polar surface area (TPSA) is 517 Å². The van der Waals surface area contributed by atoms with Crippen molar-refractivity contribution in [2.24, 2.45) is 0 Å². The third kappa shape index (κ3) is 15.4. The first-order valence-electron chi connectivity index (χ1n) is 35.9. The second kappa shape index (κ2) is 38.6. The predicted octanol–water partition coefficient (Wildman–Crippen LogP) is 14.6. The molecule has 0 fully saturated rings. The van der Waals surface area contributed by atoms with Gasteiger partial charge >= 0.3 is 0 Å². The quantitative estimate of drug-likeness (QED) is 0.137. The summed E-state index contributed by atoms with van der Waals surface area (Å²) in [6, 6.07) is 113. The van der Waals surface area contributed by atoms with Gasteiger partial charge in [-0.05, 0) is 172 Å². The maximum absolute atomic E-state index is 2.47. The fourth-order valence-corrected chi connectivity index (χ4v) is 17.2. The summed E-state index contributed by atoms with van der Waals surface area (Å²) in [7, 11) is 0. The molecular formula is C100H97N3O16. The molecule has 26 rings (SSSR count). The number of para-hydroxylation sites is 3. The van der Waals surface area contributed by atoms with Crippen LogP contribution in [-0.2, 0) is 0 Å². The first-order valence-corrected chi connectivity index (χ1v) is 35.9. The van der Waals surface area contributed by atoms with Crippen LogP contribution >= 0.6 is 0 Å². The summed E-state index contributed by atoms with van der Waals surface area (Å²) in [5, 5.41) is 34.4. The molecule has 0 saturated heterocycles. The summed E-state index contributed by atoms with van der Waals surface area (Å²) in [5.41, 5.74) is 14.5. The summed E-state index contributed by atoms with van der Waals surface area (Å²) in [4.78, 5) is 0. The van der Waals surface area contributed by atoms with E-state index in [0.29, 0.717) is 0 Å². The molecule has 608 valence electrons. The van der Waals surface area contributed by atoms with Crippen molar-refractivity contribution in [3.8, 4) is 0 Å². The summed E-state index contributed by atoms with van der Waals surface area (Å²) < 4.78 is 7.40. The fourth-order valence-electron chi connectivity index (χ4n) is 17.2. The van der Waals surface area contributed by atoms with E-state index in [1.54, 1.807) is 0 Å². The Bertz CT molecular complexity index is 6570. The van der Waals surface area contributed by atoms with Crippen LogP contribution in [0.25, 0.3) is 202 Å². The van der Waals surface area contributed by atoms with Crippen LogP contribution in [0.15, 0.2) is 358 Å². The van der Waals surface area contributed by atoms with Gasteiger partial charge in [0.1, 0.15) is 0 Å². The zero-order valence-corrected chi connectivity index (χ0v) is 64.5. The average molecular weight is 1600 g/mol. The van der Waals surface area contributed by atoms with Gasteiger partial charge in [-0.3, -0.25) is 0 Å². The van der Waals surface area contributed by atoms with Gasteiger partial charge in [0.2, 0.25) is 0 Å². The van der Waals surface area contributed by atoms with Gasteiger partial charge in [0.25, 0.3) is 0 Å². The molecular weight excluding hydrogens is 1500 g/mol. The molecule has 3 aliphatic rings. The lowest BCUT2D eigenvalue weighted by Crippen LogP contribution is -1.82. The Morgan fingerprint density at radius 3 is 0.504 bits per heavy atom. The molecule has 119 heavy (non-hydrogen) atoms. The SMILES string of the molecule is C1=CCC=C1.C1=CCC=C1.C1=Cc2cccc3cccc1c23.O.O.O.O.O.O.O.O.O.O.O.O.O.O.O.O.c1ccc2cc3c(cc2c1)c1cccc2c4cc5ccccc5cc4n3c12.c1ccc2cc3c(cc2c1)c1cccc2c4cc5ccccc5cc4n3c12.c1ccc2cc3c(cc2c1)c1cccc2c4cc5ccccc5cc4n3c12. The van der Waals surface area contributed by atoms with Crippen LogP contribution in [0.1, 0.15) is 24.0 Å². The first-order chi connectivity index (χ1) is 51.1.